The zero-order valence-electron chi connectivity index (χ0n) is 9.68. The number of hydrogen-bond acceptors (Lipinski definition) is 2. The minimum atomic E-state index is -0.411. The summed E-state index contributed by atoms with van der Waals surface area (Å²) in [4.78, 5) is 4.38. The van der Waals surface area contributed by atoms with E-state index in [-0.39, 0.29) is 5.82 Å². The van der Waals surface area contributed by atoms with Crippen LogP contribution in [0.25, 0.3) is 0 Å². The van der Waals surface area contributed by atoms with Gasteiger partial charge in [0.05, 0.1) is 5.84 Å². The predicted octanol–water partition coefficient (Wildman–Crippen LogP) is 3.03. The van der Waals surface area contributed by atoms with Gasteiger partial charge in [0.25, 0.3) is 0 Å². The Hall–Kier alpha value is -1.45. The molecule has 0 atom stereocenters. The van der Waals surface area contributed by atoms with Crippen LogP contribution in [0, 0.1) is 11.6 Å². The molecule has 1 aliphatic rings. The molecule has 1 aromatic rings. The molecule has 17 heavy (non-hydrogen) atoms. The van der Waals surface area contributed by atoms with Crippen molar-refractivity contribution < 1.29 is 8.78 Å². The summed E-state index contributed by atoms with van der Waals surface area (Å²) in [7, 11) is 0. The second kappa shape index (κ2) is 5.75. The minimum absolute atomic E-state index is 0.294. The number of hydrogen-bond donors (Lipinski definition) is 1. The molecule has 0 aliphatic carbocycles. The van der Waals surface area contributed by atoms with Gasteiger partial charge in [0, 0.05) is 25.1 Å². The van der Waals surface area contributed by atoms with E-state index in [1.54, 1.807) is 0 Å². The summed E-state index contributed by atoms with van der Waals surface area (Å²) >= 11 is 0. The molecule has 1 aromatic carbocycles. The van der Waals surface area contributed by atoms with E-state index in [4.69, 9.17) is 0 Å². The number of amidine groups is 1. The molecule has 1 heterocycles. The van der Waals surface area contributed by atoms with E-state index in [1.165, 1.54) is 12.5 Å². The lowest BCUT2D eigenvalue weighted by atomic mass is 10.2. The number of nitrogens with zero attached hydrogens (tertiary/aromatic N) is 1. The van der Waals surface area contributed by atoms with E-state index in [1.807, 2.05) is 0 Å². The van der Waals surface area contributed by atoms with E-state index < -0.39 is 5.82 Å². The van der Waals surface area contributed by atoms with Crippen molar-refractivity contribution in [3.05, 3.63) is 35.4 Å². The Morgan fingerprint density at radius 1 is 1.18 bits per heavy atom. The summed E-state index contributed by atoms with van der Waals surface area (Å²) in [5.74, 6) is 0.116. The summed E-state index contributed by atoms with van der Waals surface area (Å²) in [6.07, 6.45) is 4.30. The van der Waals surface area contributed by atoms with E-state index >= 15 is 0 Å². The Kier molecular flexibility index (Phi) is 4.07. The monoisotopic (exact) mass is 238 g/mol. The van der Waals surface area contributed by atoms with Crippen LogP contribution in [0.15, 0.2) is 23.2 Å². The molecule has 4 heteroatoms. The van der Waals surface area contributed by atoms with Gasteiger partial charge in [0.1, 0.15) is 11.6 Å². The number of rotatable bonds is 2. The first kappa shape index (κ1) is 12.0. The quantitative estimate of drug-likeness (QED) is 0.841. The second-order valence-electron chi connectivity index (χ2n) is 4.23. The van der Waals surface area contributed by atoms with E-state index in [9.17, 15) is 8.78 Å². The summed E-state index contributed by atoms with van der Waals surface area (Å²) in [6.45, 7) is 1.12. The van der Waals surface area contributed by atoms with Crippen molar-refractivity contribution in [1.82, 2.24) is 5.32 Å². The van der Waals surface area contributed by atoms with Crippen LogP contribution in [0.1, 0.15) is 31.2 Å². The lowest BCUT2D eigenvalue weighted by molar-refractivity contribution is 0.581. The van der Waals surface area contributed by atoms with Gasteiger partial charge in [-0.1, -0.05) is 6.42 Å². The van der Waals surface area contributed by atoms with Crippen molar-refractivity contribution in [2.45, 2.75) is 32.2 Å². The second-order valence-corrected chi connectivity index (χ2v) is 4.23. The molecule has 0 radical (unpaired) electrons. The lowest BCUT2D eigenvalue weighted by Gasteiger charge is -2.09. The maximum atomic E-state index is 13.4. The molecule has 1 aliphatic heterocycles. The van der Waals surface area contributed by atoms with Crippen molar-refractivity contribution in [3.63, 3.8) is 0 Å². The van der Waals surface area contributed by atoms with Crippen LogP contribution in [-0.2, 0) is 6.54 Å². The van der Waals surface area contributed by atoms with Crippen molar-refractivity contribution in [3.8, 4) is 0 Å². The summed E-state index contributed by atoms with van der Waals surface area (Å²) in [5.41, 5.74) is 0.344. The highest BCUT2D eigenvalue weighted by Crippen LogP contribution is 2.10. The van der Waals surface area contributed by atoms with Crippen LogP contribution in [0.4, 0.5) is 8.78 Å². The van der Waals surface area contributed by atoms with Gasteiger partial charge in [-0.3, -0.25) is 4.99 Å². The van der Waals surface area contributed by atoms with Gasteiger partial charge in [-0.25, -0.2) is 8.78 Å². The molecule has 0 saturated heterocycles. The largest absolute Gasteiger partial charge is 0.370 e. The molecule has 2 nitrogen and oxygen atoms in total. The van der Waals surface area contributed by atoms with Crippen LogP contribution >= 0.6 is 0 Å². The third-order valence-electron chi connectivity index (χ3n) is 2.87. The standard InChI is InChI=1S/C13H16F2N2/c14-11-5-6-12(15)10(8-11)9-17-13-4-2-1-3-7-16-13/h5-6,8H,1-4,7,9H2,(H,16,17). The topological polar surface area (TPSA) is 24.4 Å². The fourth-order valence-electron chi connectivity index (χ4n) is 1.89. The van der Waals surface area contributed by atoms with Gasteiger partial charge >= 0.3 is 0 Å². The van der Waals surface area contributed by atoms with Gasteiger partial charge in [-0.15, -0.1) is 0 Å². The average Bonchev–Trinajstić information content (AvgIpc) is 2.59. The maximum absolute atomic E-state index is 13.4. The van der Waals surface area contributed by atoms with Gasteiger partial charge in [0.2, 0.25) is 0 Å². The molecule has 0 amide bonds. The zero-order valence-corrected chi connectivity index (χ0v) is 9.68. The Morgan fingerprint density at radius 2 is 2.06 bits per heavy atom. The molecule has 0 fully saturated rings. The van der Waals surface area contributed by atoms with Crippen molar-refractivity contribution in [2.24, 2.45) is 4.99 Å². The third kappa shape index (κ3) is 3.51. The SMILES string of the molecule is Fc1ccc(F)c(CNC2=NCCCCC2)c1. The van der Waals surface area contributed by atoms with Crippen LogP contribution in [0.5, 0.6) is 0 Å². The molecule has 0 aromatic heterocycles. The highest BCUT2D eigenvalue weighted by molar-refractivity contribution is 5.82. The maximum Gasteiger partial charge on any atom is 0.128 e. The van der Waals surface area contributed by atoms with Crippen molar-refractivity contribution in [1.29, 1.82) is 0 Å². The third-order valence-corrected chi connectivity index (χ3v) is 2.87. The molecule has 0 saturated carbocycles. The van der Waals surface area contributed by atoms with Gasteiger partial charge in [0.15, 0.2) is 0 Å². The van der Waals surface area contributed by atoms with Crippen LogP contribution in [0.2, 0.25) is 0 Å². The molecule has 0 unspecified atom stereocenters. The molecule has 0 spiro atoms. The Bertz CT molecular complexity index is 416. The van der Waals surface area contributed by atoms with Crippen LogP contribution in [0.3, 0.4) is 0 Å². The number of halogens is 2. The Labute approximate surface area is 99.8 Å². The van der Waals surface area contributed by atoms with Crippen molar-refractivity contribution in [2.75, 3.05) is 6.54 Å². The number of aliphatic imine (C=N–C) groups is 1. The number of nitrogens with one attached hydrogen (secondary N) is 1. The zero-order chi connectivity index (χ0) is 12.1. The fourth-order valence-corrected chi connectivity index (χ4v) is 1.89. The Balaban J connectivity index is 1.96. The molecule has 1 N–H and O–H groups in total. The first-order valence-corrected chi connectivity index (χ1v) is 5.97. The predicted molar refractivity (Wildman–Crippen MR) is 64.0 cm³/mol. The molecular formula is C13H16F2N2. The van der Waals surface area contributed by atoms with E-state index in [2.05, 4.69) is 10.3 Å². The first-order chi connectivity index (χ1) is 8.25. The van der Waals surface area contributed by atoms with Crippen LogP contribution in [-0.4, -0.2) is 12.4 Å². The average molecular weight is 238 g/mol. The lowest BCUT2D eigenvalue weighted by Crippen LogP contribution is -2.23. The fraction of sp³-hybridized carbons (Fsp3) is 0.462. The molecule has 0 bridgehead atoms. The minimum Gasteiger partial charge on any atom is -0.370 e. The van der Waals surface area contributed by atoms with Gasteiger partial charge in [-0.05, 0) is 31.0 Å². The van der Waals surface area contributed by atoms with Gasteiger partial charge < -0.3 is 5.32 Å². The van der Waals surface area contributed by atoms with Gasteiger partial charge in [-0.2, -0.15) is 0 Å². The highest BCUT2D eigenvalue weighted by Gasteiger charge is 2.07. The summed E-state index contributed by atoms with van der Waals surface area (Å²) in [6, 6.07) is 3.50. The molecular weight excluding hydrogens is 222 g/mol. The number of benzene rings is 1. The molecule has 2 rings (SSSR count). The van der Waals surface area contributed by atoms with E-state index in [0.717, 1.165) is 43.8 Å². The van der Waals surface area contributed by atoms with Crippen LogP contribution < -0.4 is 5.32 Å². The van der Waals surface area contributed by atoms with E-state index in [0.29, 0.717) is 12.1 Å². The summed E-state index contributed by atoms with van der Waals surface area (Å²) in [5, 5.41) is 3.09. The molecule has 92 valence electrons. The first-order valence-electron chi connectivity index (χ1n) is 5.97. The van der Waals surface area contributed by atoms with Crippen molar-refractivity contribution >= 4 is 5.84 Å². The summed E-state index contributed by atoms with van der Waals surface area (Å²) < 4.78 is 26.3. The normalized spacial score (nSPS) is 16.2. The smallest absolute Gasteiger partial charge is 0.128 e. The highest BCUT2D eigenvalue weighted by atomic mass is 19.1. The Morgan fingerprint density at radius 3 is 2.94 bits per heavy atom.